The van der Waals surface area contributed by atoms with Gasteiger partial charge in [0.25, 0.3) is 0 Å². The third kappa shape index (κ3) is 3.74. The molecule has 1 rings (SSSR count). The van der Waals surface area contributed by atoms with Crippen molar-refractivity contribution in [3.8, 4) is 5.75 Å². The molecule has 2 N–H and O–H groups in total. The summed E-state index contributed by atoms with van der Waals surface area (Å²) in [5.74, 6) is 1.01. The average Bonchev–Trinajstić information content (AvgIpc) is 2.16. The molecule has 0 unspecified atom stereocenters. The minimum absolute atomic E-state index is 0.262. The lowest BCUT2D eigenvalue weighted by molar-refractivity contribution is 0.271. The monoisotopic (exact) mass is 228 g/mol. The molecule has 15 heavy (non-hydrogen) atoms. The Balaban J connectivity index is 2.78. The van der Waals surface area contributed by atoms with Crippen LogP contribution in [0.1, 0.15) is 13.8 Å². The van der Waals surface area contributed by atoms with Gasteiger partial charge in [-0.1, -0.05) is 25.4 Å². The number of hydrogen-bond donors (Lipinski definition) is 2. The second-order valence-corrected chi connectivity index (χ2v) is 4.17. The van der Waals surface area contributed by atoms with Crippen molar-refractivity contribution in [2.75, 3.05) is 6.61 Å². The molecule has 0 amide bonds. The summed E-state index contributed by atoms with van der Waals surface area (Å²) in [7, 11) is -1.57. The van der Waals surface area contributed by atoms with Crippen molar-refractivity contribution in [2.45, 2.75) is 13.8 Å². The maximum Gasteiger partial charge on any atom is 0.490 e. The molecule has 0 fully saturated rings. The summed E-state index contributed by atoms with van der Waals surface area (Å²) in [6.07, 6.45) is 0. The van der Waals surface area contributed by atoms with Gasteiger partial charge >= 0.3 is 7.12 Å². The second kappa shape index (κ2) is 5.40. The van der Waals surface area contributed by atoms with E-state index in [0.29, 0.717) is 23.3 Å². The fourth-order valence-corrected chi connectivity index (χ4v) is 1.29. The molecule has 0 spiro atoms. The van der Waals surface area contributed by atoms with Gasteiger partial charge in [-0.15, -0.1) is 0 Å². The van der Waals surface area contributed by atoms with E-state index in [4.69, 9.17) is 26.4 Å². The largest absolute Gasteiger partial charge is 0.493 e. The normalized spacial score (nSPS) is 10.5. The lowest BCUT2D eigenvalue weighted by Gasteiger charge is -2.10. The number of ether oxygens (including phenoxy) is 1. The molecule has 0 aliphatic rings. The second-order valence-electron chi connectivity index (χ2n) is 3.76. The Kier molecular flexibility index (Phi) is 4.45. The van der Waals surface area contributed by atoms with E-state index in [1.54, 1.807) is 12.1 Å². The Morgan fingerprint density at radius 2 is 2.07 bits per heavy atom. The molecule has 0 saturated carbocycles. The zero-order valence-corrected chi connectivity index (χ0v) is 9.53. The fourth-order valence-electron chi connectivity index (χ4n) is 1.07. The van der Waals surface area contributed by atoms with E-state index in [1.165, 1.54) is 6.07 Å². The first-order valence-corrected chi connectivity index (χ1v) is 5.17. The van der Waals surface area contributed by atoms with Gasteiger partial charge in [-0.25, -0.2) is 0 Å². The Morgan fingerprint density at radius 3 is 2.60 bits per heavy atom. The van der Waals surface area contributed by atoms with Crippen molar-refractivity contribution >= 4 is 24.2 Å². The van der Waals surface area contributed by atoms with Gasteiger partial charge < -0.3 is 14.8 Å². The number of benzene rings is 1. The molecule has 0 aromatic heterocycles. The predicted octanol–water partition coefficient (Wildman–Crippen LogP) is 1.05. The first-order valence-electron chi connectivity index (χ1n) is 4.79. The van der Waals surface area contributed by atoms with Gasteiger partial charge in [-0.2, -0.15) is 0 Å². The Labute approximate surface area is 94.8 Å². The van der Waals surface area contributed by atoms with Crippen LogP contribution in [0, 0.1) is 5.92 Å². The molecule has 0 saturated heterocycles. The van der Waals surface area contributed by atoms with Gasteiger partial charge in [0.05, 0.1) is 6.61 Å². The van der Waals surface area contributed by atoms with Gasteiger partial charge in [-0.3, -0.25) is 0 Å². The summed E-state index contributed by atoms with van der Waals surface area (Å²) in [6, 6.07) is 4.83. The summed E-state index contributed by atoms with van der Waals surface area (Å²) in [6.45, 7) is 4.66. The summed E-state index contributed by atoms with van der Waals surface area (Å²) in [5.41, 5.74) is 0.262. The third-order valence-corrected chi connectivity index (χ3v) is 2.17. The molecular formula is C10H14BClO3. The van der Waals surface area contributed by atoms with Crippen molar-refractivity contribution in [3.05, 3.63) is 23.2 Å². The van der Waals surface area contributed by atoms with E-state index >= 15 is 0 Å². The minimum atomic E-state index is -1.57. The standard InChI is InChI=1S/C10H14BClO3/c1-7(2)6-15-8-3-4-10(12)9(5-8)11(13)14/h3-5,7,13-14H,6H2,1-2H3. The van der Waals surface area contributed by atoms with E-state index in [9.17, 15) is 0 Å². The van der Waals surface area contributed by atoms with Crippen molar-refractivity contribution in [1.29, 1.82) is 0 Å². The first kappa shape index (κ1) is 12.4. The van der Waals surface area contributed by atoms with E-state index in [1.807, 2.05) is 13.8 Å². The van der Waals surface area contributed by atoms with Crippen LogP contribution < -0.4 is 10.2 Å². The van der Waals surface area contributed by atoms with E-state index in [-0.39, 0.29) is 5.46 Å². The van der Waals surface area contributed by atoms with Crippen molar-refractivity contribution in [3.63, 3.8) is 0 Å². The Hall–Kier alpha value is -0.705. The molecule has 0 radical (unpaired) electrons. The van der Waals surface area contributed by atoms with Crippen LogP contribution in [0.25, 0.3) is 0 Å². The highest BCUT2D eigenvalue weighted by Crippen LogP contribution is 2.15. The Morgan fingerprint density at radius 1 is 1.40 bits per heavy atom. The van der Waals surface area contributed by atoms with Crippen LogP contribution in [0.15, 0.2) is 18.2 Å². The van der Waals surface area contributed by atoms with Gasteiger partial charge in [0.2, 0.25) is 0 Å². The highest BCUT2D eigenvalue weighted by atomic mass is 35.5. The van der Waals surface area contributed by atoms with E-state index < -0.39 is 7.12 Å². The molecule has 82 valence electrons. The van der Waals surface area contributed by atoms with Crippen LogP contribution in [0.5, 0.6) is 5.75 Å². The molecule has 0 atom stereocenters. The molecule has 0 bridgehead atoms. The molecule has 0 heterocycles. The quantitative estimate of drug-likeness (QED) is 0.758. The highest BCUT2D eigenvalue weighted by molar-refractivity contribution is 6.62. The van der Waals surface area contributed by atoms with Gasteiger partial charge in [0, 0.05) is 10.5 Å². The minimum Gasteiger partial charge on any atom is -0.493 e. The van der Waals surface area contributed by atoms with Crippen LogP contribution in [0.2, 0.25) is 5.02 Å². The van der Waals surface area contributed by atoms with Gasteiger partial charge in [-0.05, 0) is 24.1 Å². The first-order chi connectivity index (χ1) is 7.00. The number of hydrogen-bond acceptors (Lipinski definition) is 3. The maximum absolute atomic E-state index is 9.02. The summed E-state index contributed by atoms with van der Waals surface area (Å²) >= 11 is 5.78. The maximum atomic E-state index is 9.02. The summed E-state index contributed by atoms with van der Waals surface area (Å²) in [4.78, 5) is 0. The van der Waals surface area contributed by atoms with Crippen LogP contribution in [-0.4, -0.2) is 23.8 Å². The number of halogens is 1. The zero-order valence-electron chi connectivity index (χ0n) is 8.77. The van der Waals surface area contributed by atoms with Gasteiger partial charge in [0.15, 0.2) is 0 Å². The molecule has 5 heteroatoms. The van der Waals surface area contributed by atoms with E-state index in [2.05, 4.69) is 0 Å². The molecule has 1 aromatic rings. The van der Waals surface area contributed by atoms with Crippen LogP contribution >= 0.6 is 11.6 Å². The van der Waals surface area contributed by atoms with Crippen LogP contribution in [0.4, 0.5) is 0 Å². The lowest BCUT2D eigenvalue weighted by Crippen LogP contribution is -2.30. The summed E-state index contributed by atoms with van der Waals surface area (Å²) < 4.78 is 5.43. The average molecular weight is 228 g/mol. The van der Waals surface area contributed by atoms with Crippen molar-refractivity contribution in [2.24, 2.45) is 5.92 Å². The third-order valence-electron chi connectivity index (χ3n) is 1.83. The Bertz CT molecular complexity index is 328. The van der Waals surface area contributed by atoms with Crippen LogP contribution in [0.3, 0.4) is 0 Å². The lowest BCUT2D eigenvalue weighted by atomic mass is 9.80. The molecule has 1 aromatic carbocycles. The zero-order chi connectivity index (χ0) is 11.4. The van der Waals surface area contributed by atoms with Crippen LogP contribution in [-0.2, 0) is 0 Å². The number of rotatable bonds is 4. The summed E-state index contributed by atoms with van der Waals surface area (Å²) in [5, 5.41) is 18.4. The fraction of sp³-hybridized carbons (Fsp3) is 0.400. The molecular weight excluding hydrogens is 214 g/mol. The molecule has 3 nitrogen and oxygen atoms in total. The van der Waals surface area contributed by atoms with Gasteiger partial charge in [0.1, 0.15) is 5.75 Å². The molecule has 0 aliphatic heterocycles. The van der Waals surface area contributed by atoms with Crippen molar-refractivity contribution < 1.29 is 14.8 Å². The topological polar surface area (TPSA) is 49.7 Å². The predicted molar refractivity (Wildman–Crippen MR) is 61.6 cm³/mol. The SMILES string of the molecule is CC(C)COc1ccc(Cl)c(B(O)O)c1. The molecule has 0 aliphatic carbocycles. The highest BCUT2D eigenvalue weighted by Gasteiger charge is 2.16. The smallest absolute Gasteiger partial charge is 0.490 e. The van der Waals surface area contributed by atoms with Crippen molar-refractivity contribution in [1.82, 2.24) is 0 Å². The van der Waals surface area contributed by atoms with E-state index in [0.717, 1.165) is 0 Å².